The van der Waals surface area contributed by atoms with E-state index in [1.165, 1.54) is 11.3 Å². The first kappa shape index (κ1) is 12.5. The van der Waals surface area contributed by atoms with Crippen molar-refractivity contribution in [2.75, 3.05) is 0 Å². The molecule has 0 amide bonds. The molecule has 0 aliphatic rings. The van der Waals surface area contributed by atoms with Gasteiger partial charge in [0.2, 0.25) is 0 Å². The van der Waals surface area contributed by atoms with E-state index in [2.05, 4.69) is 24.4 Å². The van der Waals surface area contributed by atoms with Crippen LogP contribution in [-0.2, 0) is 6.42 Å². The van der Waals surface area contributed by atoms with Crippen LogP contribution in [0.5, 0.6) is 0 Å². The fourth-order valence-corrected chi connectivity index (χ4v) is 1.17. The minimum Gasteiger partial charge on any atom is -0.171 e. The van der Waals surface area contributed by atoms with E-state index in [0.29, 0.717) is 0 Å². The van der Waals surface area contributed by atoms with Crippen molar-refractivity contribution >= 4 is 11.3 Å². The van der Waals surface area contributed by atoms with E-state index in [1.807, 2.05) is 11.3 Å². The summed E-state index contributed by atoms with van der Waals surface area (Å²) in [6.45, 7) is 3.26. The van der Waals surface area contributed by atoms with Gasteiger partial charge < -0.3 is 0 Å². The molecule has 0 saturated heterocycles. The Balaban J connectivity index is 0.000000226. The monoisotopic (exact) mass is 210 g/mol. The van der Waals surface area contributed by atoms with Crippen molar-refractivity contribution < 1.29 is 13.2 Å². The number of aryl methyl sites for hydroxylation is 1. The molecule has 0 aliphatic carbocycles. The summed E-state index contributed by atoms with van der Waals surface area (Å²) in [4.78, 5) is 1.47. The van der Waals surface area contributed by atoms with Gasteiger partial charge >= 0.3 is 6.18 Å². The summed E-state index contributed by atoms with van der Waals surface area (Å²) in [7, 11) is 0. The van der Waals surface area contributed by atoms with Crippen LogP contribution < -0.4 is 0 Å². The first-order valence-corrected chi connectivity index (χ1v) is 4.96. The number of rotatable bonds is 1. The third kappa shape index (κ3) is 7.84. The van der Waals surface area contributed by atoms with Gasteiger partial charge in [0.25, 0.3) is 0 Å². The van der Waals surface area contributed by atoms with Crippen molar-refractivity contribution in [3.05, 3.63) is 22.4 Å². The van der Waals surface area contributed by atoms with Gasteiger partial charge in [0.15, 0.2) is 0 Å². The Morgan fingerprint density at radius 2 is 1.85 bits per heavy atom. The Labute approximate surface area is 80.4 Å². The van der Waals surface area contributed by atoms with Crippen LogP contribution in [0.2, 0.25) is 0 Å². The van der Waals surface area contributed by atoms with E-state index in [4.69, 9.17) is 0 Å². The highest BCUT2D eigenvalue weighted by atomic mass is 32.1. The first-order chi connectivity index (χ1) is 5.99. The molecular formula is C9H13F3S. The van der Waals surface area contributed by atoms with Crippen molar-refractivity contribution in [3.63, 3.8) is 0 Å². The molecule has 0 unspecified atom stereocenters. The summed E-state index contributed by atoms with van der Waals surface area (Å²) in [5.41, 5.74) is 0. The lowest BCUT2D eigenvalue weighted by Crippen LogP contribution is -2.02. The third-order valence-corrected chi connectivity index (χ3v) is 2.35. The van der Waals surface area contributed by atoms with E-state index in [9.17, 15) is 13.2 Å². The first-order valence-electron chi connectivity index (χ1n) is 4.08. The van der Waals surface area contributed by atoms with Crippen LogP contribution in [-0.4, -0.2) is 6.18 Å². The predicted octanol–water partition coefficient (Wildman–Crippen LogP) is 4.27. The van der Waals surface area contributed by atoms with Crippen LogP contribution in [0.25, 0.3) is 0 Å². The van der Waals surface area contributed by atoms with Crippen molar-refractivity contribution in [1.29, 1.82) is 0 Å². The molecule has 76 valence electrons. The maximum atomic E-state index is 10.8. The van der Waals surface area contributed by atoms with Gasteiger partial charge in [0, 0.05) is 11.3 Å². The molecule has 0 atom stereocenters. The summed E-state index contributed by atoms with van der Waals surface area (Å²) in [6, 6.07) is 4.24. The number of hydrogen-bond acceptors (Lipinski definition) is 1. The van der Waals surface area contributed by atoms with Crippen LogP contribution in [0.15, 0.2) is 17.5 Å². The van der Waals surface area contributed by atoms with Crippen molar-refractivity contribution in [2.24, 2.45) is 0 Å². The van der Waals surface area contributed by atoms with Gasteiger partial charge in [-0.15, -0.1) is 11.3 Å². The molecule has 13 heavy (non-hydrogen) atoms. The number of alkyl halides is 3. The predicted molar refractivity (Wildman–Crippen MR) is 50.0 cm³/mol. The molecule has 0 spiro atoms. The maximum Gasteiger partial charge on any atom is 0.388 e. The Hall–Kier alpha value is -0.510. The highest BCUT2D eigenvalue weighted by molar-refractivity contribution is 7.09. The minimum absolute atomic E-state index is 0.729. The van der Waals surface area contributed by atoms with Gasteiger partial charge in [-0.2, -0.15) is 13.2 Å². The quantitative estimate of drug-likeness (QED) is 0.649. The molecule has 0 N–H and O–H groups in total. The molecule has 4 heteroatoms. The van der Waals surface area contributed by atoms with E-state index in [0.717, 1.165) is 6.92 Å². The van der Waals surface area contributed by atoms with E-state index in [1.54, 1.807) is 0 Å². The van der Waals surface area contributed by atoms with Gasteiger partial charge in [-0.05, 0) is 17.9 Å². The van der Waals surface area contributed by atoms with Crippen LogP contribution >= 0.6 is 11.3 Å². The molecule has 0 saturated carbocycles. The molecular weight excluding hydrogens is 197 g/mol. The van der Waals surface area contributed by atoms with Crippen LogP contribution in [0, 0.1) is 0 Å². The third-order valence-electron chi connectivity index (χ3n) is 1.33. The molecule has 0 aromatic carbocycles. The fourth-order valence-electron chi connectivity index (χ4n) is 0.514. The Kier molecular flexibility index (Phi) is 5.79. The highest BCUT2D eigenvalue weighted by Crippen LogP contribution is 2.17. The molecule has 1 heterocycles. The topological polar surface area (TPSA) is 0 Å². The summed E-state index contributed by atoms with van der Waals surface area (Å²) >= 11 is 1.82. The van der Waals surface area contributed by atoms with E-state index in [-0.39, 0.29) is 0 Å². The highest BCUT2D eigenvalue weighted by Gasteiger charge is 2.22. The largest absolute Gasteiger partial charge is 0.388 e. The van der Waals surface area contributed by atoms with E-state index >= 15 is 0 Å². The van der Waals surface area contributed by atoms with Gasteiger partial charge in [-0.25, -0.2) is 0 Å². The lowest BCUT2D eigenvalue weighted by Gasteiger charge is -1.96. The average molecular weight is 210 g/mol. The average Bonchev–Trinajstić information content (AvgIpc) is 2.56. The zero-order valence-corrected chi connectivity index (χ0v) is 8.50. The lowest BCUT2D eigenvalue weighted by atomic mass is 10.4. The van der Waals surface area contributed by atoms with Crippen molar-refractivity contribution in [2.45, 2.75) is 32.9 Å². The SMILES string of the molecule is CCC(F)(F)F.CCc1cccs1. The second kappa shape index (κ2) is 6.02. The van der Waals surface area contributed by atoms with Crippen molar-refractivity contribution in [3.8, 4) is 0 Å². The Morgan fingerprint density at radius 1 is 1.31 bits per heavy atom. The maximum absolute atomic E-state index is 10.8. The molecule has 0 nitrogen and oxygen atoms in total. The van der Waals surface area contributed by atoms with Crippen LogP contribution in [0.4, 0.5) is 13.2 Å². The molecule has 1 aromatic rings. The zero-order chi connectivity index (χ0) is 10.3. The molecule has 0 bridgehead atoms. The summed E-state index contributed by atoms with van der Waals surface area (Å²) in [5.74, 6) is 0. The molecule has 0 radical (unpaired) electrons. The molecule has 1 aromatic heterocycles. The normalized spacial score (nSPS) is 10.5. The van der Waals surface area contributed by atoms with Crippen LogP contribution in [0.3, 0.4) is 0 Å². The second-order valence-corrected chi connectivity index (χ2v) is 3.43. The second-order valence-electron chi connectivity index (χ2n) is 2.40. The fraction of sp³-hybridized carbons (Fsp3) is 0.556. The summed E-state index contributed by atoms with van der Waals surface area (Å²) in [5, 5.41) is 2.11. The summed E-state index contributed by atoms with van der Waals surface area (Å²) < 4.78 is 32.4. The molecule has 0 aliphatic heterocycles. The molecule has 0 fully saturated rings. The minimum atomic E-state index is -3.96. The van der Waals surface area contributed by atoms with Gasteiger partial charge in [-0.3, -0.25) is 0 Å². The van der Waals surface area contributed by atoms with Gasteiger partial charge in [-0.1, -0.05) is 19.9 Å². The Bertz CT molecular complexity index is 201. The van der Waals surface area contributed by atoms with Gasteiger partial charge in [0.05, 0.1) is 0 Å². The molecule has 1 rings (SSSR count). The lowest BCUT2D eigenvalue weighted by molar-refractivity contribution is -0.130. The summed E-state index contributed by atoms with van der Waals surface area (Å²) in [6.07, 6.45) is -3.51. The van der Waals surface area contributed by atoms with Gasteiger partial charge in [0.1, 0.15) is 0 Å². The van der Waals surface area contributed by atoms with Crippen molar-refractivity contribution in [1.82, 2.24) is 0 Å². The number of halogens is 3. The smallest absolute Gasteiger partial charge is 0.171 e. The standard InChI is InChI=1S/C6H8S.C3H5F3/c1-2-6-4-3-5-7-6;1-2-3(4,5)6/h3-5H,2H2,1H3;2H2,1H3. The number of hydrogen-bond donors (Lipinski definition) is 0. The Morgan fingerprint density at radius 3 is 2.00 bits per heavy atom. The zero-order valence-electron chi connectivity index (χ0n) is 7.69. The van der Waals surface area contributed by atoms with E-state index < -0.39 is 12.6 Å². The van der Waals surface area contributed by atoms with Crippen LogP contribution in [0.1, 0.15) is 25.1 Å². The number of thiophene rings is 1.